The molecule has 0 bridgehead atoms. The molecule has 0 aliphatic heterocycles. The van der Waals surface area contributed by atoms with Gasteiger partial charge in [-0.1, -0.05) is 13.8 Å². The highest BCUT2D eigenvalue weighted by atomic mass is 16.1. The number of aromatic nitrogens is 2. The van der Waals surface area contributed by atoms with Gasteiger partial charge < -0.3 is 9.88 Å². The Balaban J connectivity index is 2.52. The van der Waals surface area contributed by atoms with Gasteiger partial charge in [0.25, 0.3) is 0 Å². The van der Waals surface area contributed by atoms with Crippen LogP contribution in [0.15, 0.2) is 17.2 Å². The van der Waals surface area contributed by atoms with Crippen molar-refractivity contribution >= 4 is 0 Å². The Labute approximate surface area is 84.5 Å². The van der Waals surface area contributed by atoms with Crippen LogP contribution in [0.2, 0.25) is 0 Å². The lowest BCUT2D eigenvalue weighted by atomic mass is 10.2. The summed E-state index contributed by atoms with van der Waals surface area (Å²) >= 11 is 0. The van der Waals surface area contributed by atoms with E-state index in [1.807, 2.05) is 6.20 Å². The monoisotopic (exact) mass is 197 g/mol. The summed E-state index contributed by atoms with van der Waals surface area (Å²) in [4.78, 5) is 11.5. The van der Waals surface area contributed by atoms with Crippen molar-refractivity contribution in [3.05, 3.63) is 22.9 Å². The summed E-state index contributed by atoms with van der Waals surface area (Å²) in [6.45, 7) is 6.95. The average Bonchev–Trinajstić information content (AvgIpc) is 2.46. The van der Waals surface area contributed by atoms with Crippen LogP contribution in [0.5, 0.6) is 0 Å². The number of rotatable bonds is 5. The summed E-state index contributed by atoms with van der Waals surface area (Å²) in [5.41, 5.74) is 0.0633. The normalized spacial score (nSPS) is 13.1. The Morgan fingerprint density at radius 2 is 2.21 bits per heavy atom. The number of hydrogen-bond acceptors (Lipinski definition) is 2. The van der Waals surface area contributed by atoms with Crippen LogP contribution in [0.4, 0.5) is 0 Å². The van der Waals surface area contributed by atoms with Crippen molar-refractivity contribution in [2.24, 2.45) is 13.0 Å². The average molecular weight is 197 g/mol. The fourth-order valence-electron chi connectivity index (χ4n) is 1.44. The second kappa shape index (κ2) is 5.00. The zero-order chi connectivity index (χ0) is 10.6. The van der Waals surface area contributed by atoms with Gasteiger partial charge >= 0.3 is 5.69 Å². The van der Waals surface area contributed by atoms with Gasteiger partial charge in [0, 0.05) is 26.0 Å². The molecule has 1 aromatic heterocycles. The molecule has 80 valence electrons. The number of imidazole rings is 1. The van der Waals surface area contributed by atoms with Crippen LogP contribution in [-0.2, 0) is 13.6 Å². The van der Waals surface area contributed by atoms with E-state index in [9.17, 15) is 4.79 Å². The third-order valence-corrected chi connectivity index (χ3v) is 2.27. The van der Waals surface area contributed by atoms with E-state index in [0.717, 1.165) is 19.6 Å². The third kappa shape index (κ3) is 2.73. The zero-order valence-electron chi connectivity index (χ0n) is 9.16. The SMILES string of the molecule is CCNCC(C)Cn1ccn(C)c1=O. The molecule has 0 radical (unpaired) electrons. The molecule has 0 spiro atoms. The molecule has 0 saturated heterocycles. The van der Waals surface area contributed by atoms with Crippen molar-refractivity contribution in [3.8, 4) is 0 Å². The zero-order valence-corrected chi connectivity index (χ0v) is 9.16. The van der Waals surface area contributed by atoms with Crippen molar-refractivity contribution in [1.29, 1.82) is 0 Å². The molecule has 0 saturated carbocycles. The highest BCUT2D eigenvalue weighted by Gasteiger charge is 2.05. The lowest BCUT2D eigenvalue weighted by molar-refractivity contribution is 0.442. The largest absolute Gasteiger partial charge is 0.327 e. The molecule has 0 amide bonds. The predicted molar refractivity (Wildman–Crippen MR) is 57.4 cm³/mol. The van der Waals surface area contributed by atoms with Crippen LogP contribution in [0.1, 0.15) is 13.8 Å². The van der Waals surface area contributed by atoms with E-state index in [0.29, 0.717) is 5.92 Å². The Hall–Kier alpha value is -1.03. The van der Waals surface area contributed by atoms with Gasteiger partial charge in [-0.05, 0) is 19.0 Å². The second-order valence-electron chi connectivity index (χ2n) is 3.76. The number of nitrogens with zero attached hydrogens (tertiary/aromatic N) is 2. The van der Waals surface area contributed by atoms with Crippen LogP contribution in [0, 0.1) is 5.92 Å². The van der Waals surface area contributed by atoms with Gasteiger partial charge in [0.1, 0.15) is 0 Å². The first-order valence-corrected chi connectivity index (χ1v) is 5.07. The molecule has 1 atom stereocenters. The maximum Gasteiger partial charge on any atom is 0.327 e. The summed E-state index contributed by atoms with van der Waals surface area (Å²) in [7, 11) is 1.77. The minimum atomic E-state index is 0.0633. The fourth-order valence-corrected chi connectivity index (χ4v) is 1.44. The molecular weight excluding hydrogens is 178 g/mol. The molecule has 1 heterocycles. The fraction of sp³-hybridized carbons (Fsp3) is 0.700. The van der Waals surface area contributed by atoms with E-state index >= 15 is 0 Å². The topological polar surface area (TPSA) is 39.0 Å². The summed E-state index contributed by atoms with van der Waals surface area (Å²) in [6.07, 6.45) is 3.63. The molecule has 1 unspecified atom stereocenters. The summed E-state index contributed by atoms with van der Waals surface area (Å²) < 4.78 is 3.35. The molecule has 1 aromatic rings. The van der Waals surface area contributed by atoms with Gasteiger partial charge in [-0.25, -0.2) is 4.79 Å². The van der Waals surface area contributed by atoms with E-state index < -0.39 is 0 Å². The standard InChI is InChI=1S/C10H19N3O/c1-4-11-7-9(2)8-13-6-5-12(3)10(13)14/h5-6,9,11H,4,7-8H2,1-3H3. The first-order valence-electron chi connectivity index (χ1n) is 5.07. The van der Waals surface area contributed by atoms with Crippen molar-refractivity contribution in [2.75, 3.05) is 13.1 Å². The predicted octanol–water partition coefficient (Wildman–Crippen LogP) is 0.432. The van der Waals surface area contributed by atoms with Gasteiger partial charge in [0.2, 0.25) is 0 Å². The molecule has 0 aliphatic rings. The third-order valence-electron chi connectivity index (χ3n) is 2.27. The molecule has 4 nitrogen and oxygen atoms in total. The highest BCUT2D eigenvalue weighted by molar-refractivity contribution is 4.80. The van der Waals surface area contributed by atoms with E-state index in [-0.39, 0.29) is 5.69 Å². The smallest absolute Gasteiger partial charge is 0.317 e. The second-order valence-corrected chi connectivity index (χ2v) is 3.76. The molecule has 1 rings (SSSR count). The minimum absolute atomic E-state index is 0.0633. The Bertz CT molecular complexity index is 326. The van der Waals surface area contributed by atoms with E-state index in [1.54, 1.807) is 22.4 Å². The highest BCUT2D eigenvalue weighted by Crippen LogP contribution is 1.96. The molecule has 0 aliphatic carbocycles. The maximum atomic E-state index is 11.5. The van der Waals surface area contributed by atoms with Crippen molar-refractivity contribution in [3.63, 3.8) is 0 Å². The molecule has 14 heavy (non-hydrogen) atoms. The first-order chi connectivity index (χ1) is 6.65. The van der Waals surface area contributed by atoms with Gasteiger partial charge in [-0.2, -0.15) is 0 Å². The van der Waals surface area contributed by atoms with Crippen LogP contribution < -0.4 is 11.0 Å². The van der Waals surface area contributed by atoms with Crippen LogP contribution in [0.3, 0.4) is 0 Å². The van der Waals surface area contributed by atoms with Gasteiger partial charge in [0.05, 0.1) is 0 Å². The molecule has 1 N–H and O–H groups in total. The number of aryl methyl sites for hydroxylation is 1. The van der Waals surface area contributed by atoms with E-state index in [1.165, 1.54) is 0 Å². The Morgan fingerprint density at radius 1 is 1.50 bits per heavy atom. The summed E-state index contributed by atoms with van der Waals surface area (Å²) in [5.74, 6) is 0.482. The van der Waals surface area contributed by atoms with Crippen molar-refractivity contribution < 1.29 is 0 Å². The molecule has 4 heteroatoms. The summed E-state index contributed by atoms with van der Waals surface area (Å²) in [6, 6.07) is 0. The maximum absolute atomic E-state index is 11.5. The number of hydrogen-bond donors (Lipinski definition) is 1. The first kappa shape index (κ1) is 11.0. The Morgan fingerprint density at radius 3 is 2.71 bits per heavy atom. The van der Waals surface area contributed by atoms with E-state index in [4.69, 9.17) is 0 Å². The Kier molecular flexibility index (Phi) is 3.95. The lowest BCUT2D eigenvalue weighted by Crippen LogP contribution is -2.29. The van der Waals surface area contributed by atoms with Crippen molar-refractivity contribution in [1.82, 2.24) is 14.5 Å². The van der Waals surface area contributed by atoms with Gasteiger partial charge in [-0.15, -0.1) is 0 Å². The van der Waals surface area contributed by atoms with Crippen LogP contribution in [-0.4, -0.2) is 22.2 Å². The van der Waals surface area contributed by atoms with Crippen LogP contribution in [0.25, 0.3) is 0 Å². The lowest BCUT2D eigenvalue weighted by Gasteiger charge is -2.11. The molecule has 0 aromatic carbocycles. The van der Waals surface area contributed by atoms with Crippen molar-refractivity contribution in [2.45, 2.75) is 20.4 Å². The summed E-state index contributed by atoms with van der Waals surface area (Å²) in [5, 5.41) is 3.27. The minimum Gasteiger partial charge on any atom is -0.317 e. The van der Waals surface area contributed by atoms with E-state index in [2.05, 4.69) is 19.2 Å². The molecular formula is C10H19N3O. The quantitative estimate of drug-likeness (QED) is 0.743. The number of nitrogens with one attached hydrogen (secondary N) is 1. The van der Waals surface area contributed by atoms with Crippen LogP contribution >= 0.6 is 0 Å². The van der Waals surface area contributed by atoms with Gasteiger partial charge in [-0.3, -0.25) is 4.57 Å². The molecule has 0 fully saturated rings. The van der Waals surface area contributed by atoms with Gasteiger partial charge in [0.15, 0.2) is 0 Å².